The van der Waals surface area contributed by atoms with Gasteiger partial charge in [0.15, 0.2) is 0 Å². The summed E-state index contributed by atoms with van der Waals surface area (Å²) < 4.78 is 1.80. The van der Waals surface area contributed by atoms with Crippen LogP contribution in [0, 0.1) is 0 Å². The summed E-state index contributed by atoms with van der Waals surface area (Å²) in [6, 6.07) is 6.98. The second-order valence-electron chi connectivity index (χ2n) is 3.16. The number of benzene rings is 1. The fourth-order valence-electron chi connectivity index (χ4n) is 1.29. The molecule has 0 aliphatic heterocycles. The van der Waals surface area contributed by atoms with Crippen molar-refractivity contribution in [3.63, 3.8) is 0 Å². The zero-order valence-corrected chi connectivity index (χ0v) is 8.01. The number of nitrogens with zero attached hydrogens (tertiary/aromatic N) is 2. The second kappa shape index (κ2) is 3.54. The Morgan fingerprint density at radius 1 is 1.29 bits per heavy atom. The Labute approximate surface area is 82.6 Å². The van der Waals surface area contributed by atoms with E-state index >= 15 is 0 Å². The largest absolute Gasteiger partial charge is 0.508 e. The normalized spacial score (nSPS) is 10.4. The fraction of sp³-hybridized carbons (Fsp3) is 0.182. The van der Waals surface area contributed by atoms with Gasteiger partial charge in [-0.2, -0.15) is 5.10 Å². The highest BCUT2D eigenvalue weighted by atomic mass is 16.3. The third-order valence-corrected chi connectivity index (χ3v) is 2.16. The maximum absolute atomic E-state index is 9.13. The Balaban J connectivity index is 2.34. The average molecular weight is 188 g/mol. The molecular weight excluding hydrogens is 176 g/mol. The average Bonchev–Trinajstić information content (AvgIpc) is 2.67. The molecular formula is C11H12N2O. The van der Waals surface area contributed by atoms with E-state index in [1.54, 1.807) is 16.8 Å². The van der Waals surface area contributed by atoms with Crippen molar-refractivity contribution in [3.8, 4) is 11.4 Å². The van der Waals surface area contributed by atoms with Crippen LogP contribution in [0.3, 0.4) is 0 Å². The molecule has 3 heteroatoms. The van der Waals surface area contributed by atoms with E-state index < -0.39 is 0 Å². The predicted molar refractivity (Wildman–Crippen MR) is 54.6 cm³/mol. The first kappa shape index (κ1) is 8.81. The van der Waals surface area contributed by atoms with Crippen LogP contribution >= 0.6 is 0 Å². The Bertz CT molecular complexity index is 417. The van der Waals surface area contributed by atoms with Crippen LogP contribution in [0.15, 0.2) is 36.7 Å². The molecule has 0 saturated heterocycles. The highest BCUT2D eigenvalue weighted by molar-refractivity contribution is 5.36. The van der Waals surface area contributed by atoms with Gasteiger partial charge in [0.05, 0.1) is 11.9 Å². The quantitative estimate of drug-likeness (QED) is 0.784. The van der Waals surface area contributed by atoms with Crippen molar-refractivity contribution in [2.45, 2.75) is 13.3 Å². The zero-order chi connectivity index (χ0) is 9.97. The van der Waals surface area contributed by atoms with Crippen LogP contribution in [0.4, 0.5) is 0 Å². The minimum atomic E-state index is 0.275. The van der Waals surface area contributed by atoms with Gasteiger partial charge in [-0.3, -0.25) is 0 Å². The first-order chi connectivity index (χ1) is 6.79. The van der Waals surface area contributed by atoms with Gasteiger partial charge in [0, 0.05) is 6.20 Å². The number of aromatic nitrogens is 2. The van der Waals surface area contributed by atoms with E-state index in [4.69, 9.17) is 5.11 Å². The number of hydrogen-bond donors (Lipinski definition) is 1. The molecule has 2 rings (SSSR count). The number of rotatable bonds is 2. The van der Waals surface area contributed by atoms with Gasteiger partial charge in [-0.15, -0.1) is 0 Å². The van der Waals surface area contributed by atoms with Gasteiger partial charge in [0.1, 0.15) is 5.75 Å². The Morgan fingerprint density at radius 3 is 2.57 bits per heavy atom. The van der Waals surface area contributed by atoms with Crippen molar-refractivity contribution in [2.24, 2.45) is 0 Å². The highest BCUT2D eigenvalue weighted by Crippen LogP contribution is 2.13. The van der Waals surface area contributed by atoms with E-state index in [1.165, 1.54) is 5.56 Å². The van der Waals surface area contributed by atoms with Crippen molar-refractivity contribution in [3.05, 3.63) is 42.2 Å². The summed E-state index contributed by atoms with van der Waals surface area (Å²) in [6.45, 7) is 2.10. The van der Waals surface area contributed by atoms with Gasteiger partial charge in [-0.1, -0.05) is 6.92 Å². The Hall–Kier alpha value is -1.77. The molecule has 0 spiro atoms. The van der Waals surface area contributed by atoms with Crippen molar-refractivity contribution in [1.82, 2.24) is 9.78 Å². The first-order valence-electron chi connectivity index (χ1n) is 4.62. The van der Waals surface area contributed by atoms with Crippen LogP contribution < -0.4 is 0 Å². The summed E-state index contributed by atoms with van der Waals surface area (Å²) in [7, 11) is 0. The molecule has 14 heavy (non-hydrogen) atoms. The molecule has 0 unspecified atom stereocenters. The smallest absolute Gasteiger partial charge is 0.115 e. The van der Waals surface area contributed by atoms with Crippen molar-refractivity contribution >= 4 is 0 Å². The monoisotopic (exact) mass is 188 g/mol. The van der Waals surface area contributed by atoms with E-state index in [9.17, 15) is 0 Å². The van der Waals surface area contributed by atoms with Crippen molar-refractivity contribution in [2.75, 3.05) is 0 Å². The molecule has 0 atom stereocenters. The van der Waals surface area contributed by atoms with Crippen LogP contribution in [0.1, 0.15) is 12.5 Å². The zero-order valence-electron chi connectivity index (χ0n) is 8.01. The summed E-state index contributed by atoms with van der Waals surface area (Å²) >= 11 is 0. The molecule has 2 aromatic rings. The van der Waals surface area contributed by atoms with Gasteiger partial charge in [0.25, 0.3) is 0 Å². The van der Waals surface area contributed by atoms with E-state index in [2.05, 4.69) is 12.0 Å². The Morgan fingerprint density at radius 2 is 2.00 bits per heavy atom. The lowest BCUT2D eigenvalue weighted by molar-refractivity contribution is 0.475. The number of aryl methyl sites for hydroxylation is 1. The topological polar surface area (TPSA) is 38.0 Å². The van der Waals surface area contributed by atoms with Crippen LogP contribution in [0.2, 0.25) is 0 Å². The predicted octanol–water partition coefficient (Wildman–Crippen LogP) is 2.14. The minimum Gasteiger partial charge on any atom is -0.508 e. The molecule has 1 N–H and O–H groups in total. The second-order valence-corrected chi connectivity index (χ2v) is 3.16. The maximum atomic E-state index is 9.13. The van der Waals surface area contributed by atoms with E-state index in [1.807, 2.05) is 24.5 Å². The molecule has 0 aliphatic carbocycles. The van der Waals surface area contributed by atoms with Crippen molar-refractivity contribution < 1.29 is 5.11 Å². The number of hydrogen-bond acceptors (Lipinski definition) is 2. The van der Waals surface area contributed by atoms with Gasteiger partial charge >= 0.3 is 0 Å². The molecule has 72 valence electrons. The maximum Gasteiger partial charge on any atom is 0.115 e. The van der Waals surface area contributed by atoms with Crippen molar-refractivity contribution in [1.29, 1.82) is 0 Å². The third kappa shape index (κ3) is 1.62. The van der Waals surface area contributed by atoms with Crippen LogP contribution in [0.5, 0.6) is 5.75 Å². The minimum absolute atomic E-state index is 0.275. The summed E-state index contributed by atoms with van der Waals surface area (Å²) in [5.74, 6) is 0.275. The Kier molecular flexibility index (Phi) is 2.23. The molecule has 3 nitrogen and oxygen atoms in total. The molecule has 0 saturated carbocycles. The third-order valence-electron chi connectivity index (χ3n) is 2.16. The number of phenols is 1. The summed E-state index contributed by atoms with van der Waals surface area (Å²) in [5, 5.41) is 13.3. The molecule has 0 aliphatic rings. The first-order valence-corrected chi connectivity index (χ1v) is 4.62. The van der Waals surface area contributed by atoms with E-state index in [0.717, 1.165) is 12.1 Å². The fourth-order valence-corrected chi connectivity index (χ4v) is 1.29. The molecule has 1 aromatic heterocycles. The van der Waals surface area contributed by atoms with E-state index in [-0.39, 0.29) is 5.75 Å². The van der Waals surface area contributed by atoms with Gasteiger partial charge in [-0.25, -0.2) is 4.68 Å². The van der Waals surface area contributed by atoms with Gasteiger partial charge < -0.3 is 5.11 Å². The molecule has 0 amide bonds. The lowest BCUT2D eigenvalue weighted by Gasteiger charge is -2.00. The summed E-state index contributed by atoms with van der Waals surface area (Å²) in [6.07, 6.45) is 4.83. The van der Waals surface area contributed by atoms with Gasteiger partial charge in [0.2, 0.25) is 0 Å². The lowest BCUT2D eigenvalue weighted by Crippen LogP contribution is -1.92. The highest BCUT2D eigenvalue weighted by Gasteiger charge is 1.98. The van der Waals surface area contributed by atoms with Gasteiger partial charge in [-0.05, 0) is 36.2 Å². The molecule has 1 aromatic carbocycles. The van der Waals surface area contributed by atoms with Crippen LogP contribution in [0.25, 0.3) is 5.69 Å². The summed E-state index contributed by atoms with van der Waals surface area (Å²) in [4.78, 5) is 0. The van der Waals surface area contributed by atoms with Crippen LogP contribution in [-0.4, -0.2) is 14.9 Å². The standard InChI is InChI=1S/C11H12N2O/c1-2-9-7-12-13(8-9)10-3-5-11(14)6-4-10/h3-8,14H,2H2,1H3. The number of aromatic hydroxyl groups is 1. The summed E-state index contributed by atoms with van der Waals surface area (Å²) in [5.41, 5.74) is 2.17. The molecule has 0 radical (unpaired) electrons. The van der Waals surface area contributed by atoms with Crippen LogP contribution in [-0.2, 0) is 6.42 Å². The molecule has 0 fully saturated rings. The molecule has 1 heterocycles. The SMILES string of the molecule is CCc1cnn(-c2ccc(O)cc2)c1. The lowest BCUT2D eigenvalue weighted by atomic mass is 10.3. The van der Waals surface area contributed by atoms with E-state index in [0.29, 0.717) is 0 Å². The molecule has 0 bridgehead atoms. The number of phenolic OH excluding ortho intramolecular Hbond substituents is 1.